The molecule has 0 unspecified atom stereocenters. The van der Waals surface area contributed by atoms with Crippen molar-refractivity contribution >= 4 is 50.3 Å². The van der Waals surface area contributed by atoms with Crippen LogP contribution in [0.4, 0.5) is 5.13 Å². The first-order chi connectivity index (χ1) is 14.0. The van der Waals surface area contributed by atoms with Crippen molar-refractivity contribution in [2.75, 3.05) is 19.5 Å². The largest absolute Gasteiger partial charge is 0.463 e. The Balaban J connectivity index is 2.33. The Labute approximate surface area is 175 Å². The van der Waals surface area contributed by atoms with E-state index < -0.39 is 40.2 Å². The van der Waals surface area contributed by atoms with Crippen molar-refractivity contribution in [3.8, 4) is 0 Å². The Kier molecular flexibility index (Phi) is 7.12. The SMILES string of the molecule is CCOC(=O)/C=C(/C)[C@@H]1[C@H](NC(=O)/C(=N\OC)c2csc(N)n2)C(=O)N1S(=O)(=O)O. The molecule has 2 atom stereocenters. The minimum Gasteiger partial charge on any atom is -0.463 e. The molecule has 1 aliphatic rings. The molecule has 1 saturated heterocycles. The fourth-order valence-electron chi connectivity index (χ4n) is 2.67. The third-order valence-electron chi connectivity index (χ3n) is 3.85. The van der Waals surface area contributed by atoms with Crippen LogP contribution >= 0.6 is 11.3 Å². The van der Waals surface area contributed by atoms with E-state index in [-0.39, 0.29) is 33.0 Å². The molecule has 0 aromatic carbocycles. The summed E-state index contributed by atoms with van der Waals surface area (Å²) in [6, 6.07) is -2.77. The number of nitrogen functional groups attached to an aromatic ring is 1. The quantitative estimate of drug-likeness (QED) is 0.109. The first-order valence-electron chi connectivity index (χ1n) is 8.30. The van der Waals surface area contributed by atoms with E-state index in [0.29, 0.717) is 0 Å². The first-order valence-corrected chi connectivity index (χ1v) is 10.6. The maximum absolute atomic E-state index is 12.6. The van der Waals surface area contributed by atoms with Gasteiger partial charge in [0.15, 0.2) is 10.8 Å². The van der Waals surface area contributed by atoms with Crippen LogP contribution in [0.3, 0.4) is 0 Å². The van der Waals surface area contributed by atoms with E-state index in [1.807, 2.05) is 0 Å². The molecule has 1 aliphatic heterocycles. The van der Waals surface area contributed by atoms with Gasteiger partial charge < -0.3 is 20.6 Å². The van der Waals surface area contributed by atoms with E-state index in [0.717, 1.165) is 17.4 Å². The average molecular weight is 461 g/mol. The monoisotopic (exact) mass is 461 g/mol. The number of anilines is 1. The number of hydrogen-bond acceptors (Lipinski definition) is 11. The zero-order chi connectivity index (χ0) is 22.6. The summed E-state index contributed by atoms with van der Waals surface area (Å²) in [5, 5.41) is 7.47. The fraction of sp³-hybridized carbons (Fsp3) is 0.400. The summed E-state index contributed by atoms with van der Waals surface area (Å²) >= 11 is 1.04. The molecular formula is C15H19N5O8S2. The smallest absolute Gasteiger partial charge is 0.362 e. The number of nitrogens with zero attached hydrogens (tertiary/aromatic N) is 3. The van der Waals surface area contributed by atoms with E-state index in [1.54, 1.807) is 6.92 Å². The van der Waals surface area contributed by atoms with Crippen LogP contribution < -0.4 is 11.1 Å². The van der Waals surface area contributed by atoms with E-state index in [1.165, 1.54) is 19.4 Å². The van der Waals surface area contributed by atoms with Crippen molar-refractivity contribution in [1.29, 1.82) is 0 Å². The Morgan fingerprint density at radius 3 is 2.67 bits per heavy atom. The van der Waals surface area contributed by atoms with Crippen molar-refractivity contribution in [3.63, 3.8) is 0 Å². The Morgan fingerprint density at radius 2 is 2.17 bits per heavy atom. The van der Waals surface area contributed by atoms with Crippen molar-refractivity contribution < 1.29 is 36.9 Å². The van der Waals surface area contributed by atoms with E-state index in [4.69, 9.17) is 10.5 Å². The third kappa shape index (κ3) is 4.92. The van der Waals surface area contributed by atoms with Crippen molar-refractivity contribution in [1.82, 2.24) is 14.6 Å². The fourth-order valence-corrected chi connectivity index (χ4v) is 4.13. The minimum absolute atomic E-state index is 0.0547. The highest BCUT2D eigenvalue weighted by Gasteiger charge is 2.55. The number of ether oxygens (including phenoxy) is 1. The standard InChI is InChI=1S/C15H19N5O8S2/c1-4-28-9(21)5-7(2)12-11(14(23)20(12)30(24,25)26)18-13(22)10(19-27-3)8-6-29-15(16)17-8/h5-6,11-12H,4H2,1-3H3,(H2,16,17)(H,18,22)(H,24,25,26)/b7-5-,19-10-/t11-,12+/m0/s1. The number of amides is 2. The van der Waals surface area contributed by atoms with Crippen molar-refractivity contribution in [2.24, 2.45) is 5.16 Å². The van der Waals surface area contributed by atoms with Crippen molar-refractivity contribution in [3.05, 3.63) is 22.7 Å². The third-order valence-corrected chi connectivity index (χ3v) is 5.43. The predicted octanol–water partition coefficient (Wildman–Crippen LogP) is -0.916. The highest BCUT2D eigenvalue weighted by atomic mass is 32.2. The number of hydrogen-bond donors (Lipinski definition) is 3. The summed E-state index contributed by atoms with van der Waals surface area (Å²) < 4.78 is 37.4. The molecule has 30 heavy (non-hydrogen) atoms. The van der Waals surface area contributed by atoms with E-state index >= 15 is 0 Å². The summed E-state index contributed by atoms with van der Waals surface area (Å²) in [6.45, 7) is 2.99. The lowest BCUT2D eigenvalue weighted by atomic mass is 9.91. The van der Waals surface area contributed by atoms with Crippen LogP contribution in [0.2, 0.25) is 0 Å². The van der Waals surface area contributed by atoms with Crippen LogP contribution in [-0.4, -0.2) is 71.6 Å². The number of nitrogens with two attached hydrogens (primary N) is 1. The van der Waals surface area contributed by atoms with Gasteiger partial charge in [-0.15, -0.1) is 11.3 Å². The number of esters is 1. The second kappa shape index (κ2) is 9.19. The molecule has 13 nitrogen and oxygen atoms in total. The van der Waals surface area contributed by atoms with Gasteiger partial charge in [0.25, 0.3) is 11.8 Å². The van der Waals surface area contributed by atoms with Gasteiger partial charge in [-0.2, -0.15) is 8.42 Å². The zero-order valence-electron chi connectivity index (χ0n) is 16.1. The van der Waals surface area contributed by atoms with Crippen LogP contribution in [0.25, 0.3) is 0 Å². The van der Waals surface area contributed by atoms with Gasteiger partial charge in [-0.3, -0.25) is 14.1 Å². The maximum atomic E-state index is 12.6. The first kappa shape index (κ1) is 23.2. The number of rotatable bonds is 8. The molecule has 0 spiro atoms. The molecule has 0 saturated carbocycles. The number of β-lactam (4-membered cyclic amide) rings is 1. The van der Waals surface area contributed by atoms with Crippen LogP contribution in [0.15, 0.2) is 22.2 Å². The molecule has 4 N–H and O–H groups in total. The van der Waals surface area contributed by atoms with Gasteiger partial charge in [0.2, 0.25) is 0 Å². The number of aromatic nitrogens is 1. The molecule has 2 rings (SSSR count). The highest BCUT2D eigenvalue weighted by molar-refractivity contribution is 7.84. The summed E-state index contributed by atoms with van der Waals surface area (Å²) in [5.74, 6) is -2.80. The topological polar surface area (TPSA) is 191 Å². The average Bonchev–Trinajstić information content (AvgIpc) is 3.06. The predicted molar refractivity (Wildman–Crippen MR) is 105 cm³/mol. The van der Waals surface area contributed by atoms with Gasteiger partial charge in [-0.05, 0) is 19.4 Å². The van der Waals surface area contributed by atoms with Gasteiger partial charge in [-0.1, -0.05) is 5.16 Å². The highest BCUT2D eigenvalue weighted by Crippen LogP contribution is 2.29. The number of carbonyl (C=O) groups excluding carboxylic acids is 3. The number of oxime groups is 1. The lowest BCUT2D eigenvalue weighted by molar-refractivity contribution is -0.143. The molecule has 164 valence electrons. The molecule has 0 radical (unpaired) electrons. The molecule has 1 fully saturated rings. The Bertz CT molecular complexity index is 1020. The maximum Gasteiger partial charge on any atom is 0.362 e. The van der Waals surface area contributed by atoms with Crippen LogP contribution in [0.5, 0.6) is 0 Å². The lowest BCUT2D eigenvalue weighted by Crippen LogP contribution is -2.72. The van der Waals surface area contributed by atoms with Crippen LogP contribution in [-0.2, 0) is 34.3 Å². The second-order valence-electron chi connectivity index (χ2n) is 5.84. The molecule has 1 aromatic rings. The number of thiazole rings is 1. The van der Waals surface area contributed by atoms with Gasteiger partial charge in [0.1, 0.15) is 24.9 Å². The molecule has 1 aromatic heterocycles. The lowest BCUT2D eigenvalue weighted by Gasteiger charge is -2.44. The Morgan fingerprint density at radius 1 is 1.50 bits per heavy atom. The molecule has 15 heteroatoms. The summed E-state index contributed by atoms with van der Waals surface area (Å²) in [4.78, 5) is 45.2. The van der Waals surface area contributed by atoms with Gasteiger partial charge in [0, 0.05) is 11.5 Å². The van der Waals surface area contributed by atoms with Gasteiger partial charge in [0.05, 0.1) is 6.61 Å². The summed E-state index contributed by atoms with van der Waals surface area (Å²) in [5.41, 5.74) is 5.36. The molecule has 0 aliphatic carbocycles. The summed E-state index contributed by atoms with van der Waals surface area (Å²) in [6.07, 6.45) is 0.962. The molecule has 0 bridgehead atoms. The number of carbonyl (C=O) groups is 3. The normalized spacial score (nSPS) is 19.9. The van der Waals surface area contributed by atoms with Gasteiger partial charge in [-0.25, -0.2) is 14.1 Å². The van der Waals surface area contributed by atoms with E-state index in [2.05, 4.69) is 20.3 Å². The zero-order valence-corrected chi connectivity index (χ0v) is 17.7. The molecule has 2 heterocycles. The number of nitrogens with one attached hydrogen (secondary N) is 1. The van der Waals surface area contributed by atoms with Crippen LogP contribution in [0.1, 0.15) is 19.5 Å². The summed E-state index contributed by atoms with van der Waals surface area (Å²) in [7, 11) is -3.76. The second-order valence-corrected chi connectivity index (χ2v) is 8.02. The minimum atomic E-state index is -4.95. The van der Waals surface area contributed by atoms with E-state index in [9.17, 15) is 27.4 Å². The van der Waals surface area contributed by atoms with Crippen molar-refractivity contribution in [2.45, 2.75) is 25.9 Å². The Hall–Kier alpha value is -3.04. The van der Waals surface area contributed by atoms with Crippen LogP contribution in [0, 0.1) is 0 Å². The molecular weight excluding hydrogens is 442 g/mol. The van der Waals surface area contributed by atoms with Gasteiger partial charge >= 0.3 is 16.3 Å². The molecule has 2 amide bonds.